The average molecular weight is 1050 g/mol. The molecule has 1 heterocycles. The van der Waals surface area contributed by atoms with Crippen molar-refractivity contribution in [2.24, 2.45) is 17.8 Å². The fraction of sp³-hybridized carbons (Fsp3) is 0.830. The number of hydrogen-bond donors (Lipinski definition) is 11. The summed E-state index contributed by atoms with van der Waals surface area (Å²) in [5.41, 5.74) is -4.73. The minimum absolute atomic E-state index is 0.0290. The number of carbonyl (C=O) groups is 9. The summed E-state index contributed by atoms with van der Waals surface area (Å²) in [6.07, 6.45) is 6.44. The fourth-order valence-corrected chi connectivity index (χ4v) is 8.38. The Morgan fingerprint density at radius 2 is 1.14 bits per heavy atom. The molecule has 9 amide bonds. The molecule has 11 N–H and O–H groups in total. The minimum Gasteiger partial charge on any atom is -0.390 e. The van der Waals surface area contributed by atoms with Gasteiger partial charge in [0.1, 0.15) is 40.8 Å². The molecule has 0 radical (unpaired) electrons. The highest BCUT2D eigenvalue weighted by molar-refractivity contribution is 6.00. The van der Waals surface area contributed by atoms with Gasteiger partial charge in [0.15, 0.2) is 0 Å². The van der Waals surface area contributed by atoms with Gasteiger partial charge in [0, 0.05) is 25.6 Å². The van der Waals surface area contributed by atoms with E-state index in [-0.39, 0.29) is 55.5 Å². The smallest absolute Gasteiger partial charge is 0.246 e. The molecule has 74 heavy (non-hydrogen) atoms. The predicted octanol–water partition coefficient (Wildman–Crippen LogP) is 1.79. The second-order valence-corrected chi connectivity index (χ2v) is 23.4. The lowest BCUT2D eigenvalue weighted by atomic mass is 9.95. The summed E-state index contributed by atoms with van der Waals surface area (Å²) in [7, 11) is 3.79. The third kappa shape index (κ3) is 24.6. The number of hydrogen-bond acceptors (Lipinski definition) is 12. The Bertz CT molecular complexity index is 1850. The third-order valence-corrected chi connectivity index (χ3v) is 12.8. The molecule has 7 atom stereocenters. The van der Waals surface area contributed by atoms with E-state index >= 15 is 0 Å². The van der Waals surface area contributed by atoms with Crippen LogP contribution >= 0.6 is 0 Å². The van der Waals surface area contributed by atoms with E-state index in [4.69, 9.17) is 0 Å². The first-order valence-corrected chi connectivity index (χ1v) is 27.1. The summed E-state index contributed by atoms with van der Waals surface area (Å²) in [5.74, 6) is -6.19. The van der Waals surface area contributed by atoms with Gasteiger partial charge in [-0.15, -0.1) is 0 Å². The van der Waals surface area contributed by atoms with Gasteiger partial charge in [-0.25, -0.2) is 0 Å². The second kappa shape index (κ2) is 31.9. The van der Waals surface area contributed by atoms with Gasteiger partial charge in [0.05, 0.1) is 12.1 Å². The second-order valence-electron chi connectivity index (χ2n) is 23.4. The first-order chi connectivity index (χ1) is 34.2. The van der Waals surface area contributed by atoms with Crippen LogP contribution in [0.2, 0.25) is 0 Å². The average Bonchev–Trinajstić information content (AvgIpc) is 3.82. The number of aliphatic hydroxyl groups is 1. The molecule has 0 aromatic rings. The normalized spacial score (nSPS) is 16.6. The molecule has 0 aliphatic carbocycles. The van der Waals surface area contributed by atoms with Crippen molar-refractivity contribution in [1.82, 2.24) is 58.1 Å². The Hall–Kier alpha value is -4.89. The lowest BCUT2D eigenvalue weighted by molar-refractivity contribution is -0.140. The maximum absolute atomic E-state index is 14.1. The molecule has 6 unspecified atom stereocenters. The highest BCUT2D eigenvalue weighted by Gasteiger charge is 2.41. The lowest BCUT2D eigenvalue weighted by Gasteiger charge is -2.34. The zero-order chi connectivity index (χ0) is 56.7. The zero-order valence-electron chi connectivity index (χ0n) is 47.9. The summed E-state index contributed by atoms with van der Waals surface area (Å²) in [5, 5.41) is 39.1. The van der Waals surface area contributed by atoms with E-state index in [0.29, 0.717) is 32.4 Å². The Balaban J connectivity index is 3.20. The molecule has 1 fully saturated rings. The van der Waals surface area contributed by atoms with Gasteiger partial charge in [-0.2, -0.15) is 0 Å². The van der Waals surface area contributed by atoms with Crippen LogP contribution in [0.1, 0.15) is 174 Å². The topological polar surface area (TPSA) is 297 Å². The maximum atomic E-state index is 14.1. The first-order valence-electron chi connectivity index (χ1n) is 27.1. The number of unbranched alkanes of at least 4 members (excludes halogenated alkanes) is 5. The summed E-state index contributed by atoms with van der Waals surface area (Å²) < 4.78 is 0. The van der Waals surface area contributed by atoms with Gasteiger partial charge in [0.2, 0.25) is 53.2 Å². The number of amides is 9. The van der Waals surface area contributed by atoms with Crippen LogP contribution in [0.3, 0.4) is 0 Å². The summed E-state index contributed by atoms with van der Waals surface area (Å²) in [4.78, 5) is 125. The molecule has 1 aliphatic heterocycles. The molecule has 1 saturated heterocycles. The quantitative estimate of drug-likeness (QED) is 0.0412. The number of nitrogens with one attached hydrogen (secondary N) is 10. The van der Waals surface area contributed by atoms with Crippen LogP contribution in [0.5, 0.6) is 0 Å². The zero-order valence-corrected chi connectivity index (χ0v) is 47.9. The van der Waals surface area contributed by atoms with Crippen LogP contribution in [0.4, 0.5) is 0 Å². The highest BCUT2D eigenvalue weighted by Crippen LogP contribution is 2.17. The van der Waals surface area contributed by atoms with Crippen LogP contribution in [0.15, 0.2) is 0 Å². The monoisotopic (exact) mass is 1050 g/mol. The van der Waals surface area contributed by atoms with E-state index in [0.717, 1.165) is 38.5 Å². The van der Waals surface area contributed by atoms with Crippen molar-refractivity contribution in [2.45, 2.75) is 233 Å². The number of likely N-dealkylation sites (N-methyl/N-ethyl adjacent to an activating group) is 1. The summed E-state index contributed by atoms with van der Waals surface area (Å²) >= 11 is 0. The molecule has 21 nitrogen and oxygen atoms in total. The van der Waals surface area contributed by atoms with Gasteiger partial charge in [0.25, 0.3) is 0 Å². The highest BCUT2D eigenvalue weighted by atomic mass is 16.3. The van der Waals surface area contributed by atoms with Crippen molar-refractivity contribution in [2.75, 3.05) is 33.7 Å². The Morgan fingerprint density at radius 3 is 1.68 bits per heavy atom. The third-order valence-electron chi connectivity index (χ3n) is 12.8. The van der Waals surface area contributed by atoms with Gasteiger partial charge < -0.3 is 63.2 Å². The van der Waals surface area contributed by atoms with E-state index in [1.54, 1.807) is 13.8 Å². The SMILES string of the molecule is CCCCCCCCC(NC(=O)[C@@H]1CCCN1)C(=O)NC(C(=O)NC(C)(C)C(=O)NC(CC(C)C)C(=O)NC(CC(C)C)C(=O)NC(C)(C)C(=O)NC(C)(C)C(=O)NCCC(=O)NC(C)CN(C)C)C(O)C(C)C. The van der Waals surface area contributed by atoms with Crippen molar-refractivity contribution in [3.63, 3.8) is 0 Å². The Labute approximate surface area is 442 Å². The van der Waals surface area contributed by atoms with Gasteiger partial charge >= 0.3 is 0 Å². The number of rotatable bonds is 34. The van der Waals surface area contributed by atoms with Gasteiger partial charge in [-0.3, -0.25) is 43.2 Å². The molecular formula is C53H99N11O10. The van der Waals surface area contributed by atoms with E-state index in [2.05, 4.69) is 60.1 Å². The largest absolute Gasteiger partial charge is 0.390 e. The number of nitrogens with zero attached hydrogens (tertiary/aromatic N) is 1. The van der Waals surface area contributed by atoms with Crippen LogP contribution < -0.4 is 53.2 Å². The van der Waals surface area contributed by atoms with Crippen molar-refractivity contribution in [1.29, 1.82) is 0 Å². The van der Waals surface area contributed by atoms with Crippen molar-refractivity contribution in [3.8, 4) is 0 Å². The standard InChI is InChI=1S/C53H99N11O10/c1-17-18-19-20-21-22-24-37(57-43(67)36-25-23-27-54-36)44(68)60-41(42(66)34(6)7)47(71)62-52(11,12)49(73)59-38(29-32(2)3)45(69)58-39(30-33(4)5)46(70)61-53(13,14)50(74)63-51(9,10)48(72)55-28-26-40(65)56-35(8)31-64(15)16/h32-39,41-42,54,66H,17-31H2,1-16H3,(H,55,72)(H,56,65)(H,57,67)(H,58,69)(H,59,73)(H,60,68)(H,61,70)(H,62,71)(H,63,74)/t35?,36-,37?,38?,39?,41?,42?/m0/s1. The minimum atomic E-state index is -1.71. The first kappa shape index (κ1) is 67.1. The number of aliphatic hydroxyl groups excluding tert-OH is 1. The molecule has 0 spiro atoms. The lowest BCUT2D eigenvalue weighted by Crippen LogP contribution is -2.66. The fourth-order valence-electron chi connectivity index (χ4n) is 8.38. The van der Waals surface area contributed by atoms with E-state index < -0.39 is 100 Å². The molecule has 0 aromatic carbocycles. The Morgan fingerprint density at radius 1 is 0.608 bits per heavy atom. The van der Waals surface area contributed by atoms with Crippen LogP contribution in [0, 0.1) is 17.8 Å². The van der Waals surface area contributed by atoms with Crippen LogP contribution in [-0.4, -0.2) is 156 Å². The molecule has 426 valence electrons. The van der Waals surface area contributed by atoms with Gasteiger partial charge in [-0.05, 0) is 119 Å². The van der Waals surface area contributed by atoms with Crippen LogP contribution in [0.25, 0.3) is 0 Å². The maximum Gasteiger partial charge on any atom is 0.246 e. The van der Waals surface area contributed by atoms with Crippen molar-refractivity contribution in [3.05, 3.63) is 0 Å². The molecule has 0 aromatic heterocycles. The Kier molecular flexibility index (Phi) is 28.9. The molecule has 21 heteroatoms. The predicted molar refractivity (Wildman–Crippen MR) is 287 cm³/mol. The van der Waals surface area contributed by atoms with E-state index in [1.165, 1.54) is 41.5 Å². The molecule has 0 bridgehead atoms. The number of carbonyl (C=O) groups excluding carboxylic acids is 9. The van der Waals surface area contributed by atoms with Crippen LogP contribution in [-0.2, 0) is 43.2 Å². The molecule has 0 saturated carbocycles. The van der Waals surface area contributed by atoms with E-state index in [9.17, 15) is 48.3 Å². The molecule has 1 aliphatic rings. The summed E-state index contributed by atoms with van der Waals surface area (Å²) in [6, 6.07) is -5.39. The molecular weight excluding hydrogens is 951 g/mol. The van der Waals surface area contributed by atoms with Crippen molar-refractivity contribution < 1.29 is 48.3 Å². The van der Waals surface area contributed by atoms with Gasteiger partial charge in [-0.1, -0.05) is 87.0 Å². The van der Waals surface area contributed by atoms with Crippen molar-refractivity contribution >= 4 is 53.2 Å². The van der Waals surface area contributed by atoms with E-state index in [1.807, 2.05) is 53.6 Å². The summed E-state index contributed by atoms with van der Waals surface area (Å²) in [6.45, 7) is 24.8. The molecule has 1 rings (SSSR count).